The van der Waals surface area contributed by atoms with Gasteiger partial charge in [0, 0.05) is 20.1 Å². The second kappa shape index (κ2) is 6.02. The first-order chi connectivity index (χ1) is 8.94. The van der Waals surface area contributed by atoms with Gasteiger partial charge in [-0.25, -0.2) is 0 Å². The lowest BCUT2D eigenvalue weighted by Crippen LogP contribution is -2.53. The van der Waals surface area contributed by atoms with Crippen LogP contribution in [-0.2, 0) is 9.53 Å². The predicted molar refractivity (Wildman–Crippen MR) is 82.7 cm³/mol. The number of nitrogens with one attached hydrogen (secondary N) is 1. The van der Waals surface area contributed by atoms with Crippen molar-refractivity contribution in [1.29, 1.82) is 0 Å². The third-order valence-corrected chi connectivity index (χ3v) is 3.92. The number of amides is 1. The first-order valence-electron chi connectivity index (χ1n) is 7.62. The molecule has 2 unspecified atom stereocenters. The summed E-state index contributed by atoms with van der Waals surface area (Å²) in [6.07, 6.45) is 1.78. The summed E-state index contributed by atoms with van der Waals surface area (Å²) in [4.78, 5) is 14.0. The molecule has 4 heteroatoms. The summed E-state index contributed by atoms with van der Waals surface area (Å²) in [5.74, 6) is 0.633. The Labute approximate surface area is 124 Å². The molecule has 4 nitrogen and oxygen atoms in total. The van der Waals surface area contributed by atoms with E-state index in [1.54, 1.807) is 4.90 Å². The lowest BCUT2D eigenvalue weighted by atomic mass is 9.92. The second-order valence-corrected chi connectivity index (χ2v) is 7.80. The van der Waals surface area contributed by atoms with Gasteiger partial charge in [-0.2, -0.15) is 0 Å². The van der Waals surface area contributed by atoms with E-state index in [4.69, 9.17) is 4.74 Å². The second-order valence-electron chi connectivity index (χ2n) is 7.80. The van der Waals surface area contributed by atoms with Crippen LogP contribution >= 0.6 is 0 Å². The molecule has 1 aliphatic heterocycles. The number of ether oxygens (including phenoxy) is 1. The van der Waals surface area contributed by atoms with Gasteiger partial charge in [0.25, 0.3) is 0 Å². The average molecular weight is 284 g/mol. The van der Waals surface area contributed by atoms with Crippen molar-refractivity contribution in [2.45, 2.75) is 77.7 Å². The van der Waals surface area contributed by atoms with Crippen molar-refractivity contribution in [3.05, 3.63) is 0 Å². The highest BCUT2D eigenvalue weighted by molar-refractivity contribution is 5.81. The van der Waals surface area contributed by atoms with Gasteiger partial charge in [-0.05, 0) is 46.5 Å². The Morgan fingerprint density at radius 1 is 1.30 bits per heavy atom. The van der Waals surface area contributed by atoms with Crippen molar-refractivity contribution >= 4 is 5.91 Å². The van der Waals surface area contributed by atoms with Crippen LogP contribution in [0.3, 0.4) is 0 Å². The third kappa shape index (κ3) is 4.45. The normalized spacial score (nSPS) is 25.8. The molecule has 0 aromatic carbocycles. The van der Waals surface area contributed by atoms with Gasteiger partial charge in [0.1, 0.15) is 0 Å². The van der Waals surface area contributed by atoms with Crippen LogP contribution in [0.15, 0.2) is 0 Å². The maximum atomic E-state index is 12.4. The fraction of sp³-hybridized carbons (Fsp3) is 0.938. The van der Waals surface area contributed by atoms with Crippen LogP contribution < -0.4 is 5.32 Å². The van der Waals surface area contributed by atoms with Crippen LogP contribution in [0, 0.1) is 5.92 Å². The molecule has 0 aromatic rings. The van der Waals surface area contributed by atoms with Crippen LogP contribution in [0.25, 0.3) is 0 Å². The van der Waals surface area contributed by atoms with Crippen molar-refractivity contribution in [3.8, 4) is 0 Å². The van der Waals surface area contributed by atoms with Gasteiger partial charge < -0.3 is 15.0 Å². The van der Waals surface area contributed by atoms with Crippen molar-refractivity contribution in [3.63, 3.8) is 0 Å². The van der Waals surface area contributed by atoms with E-state index < -0.39 is 0 Å². The minimum absolute atomic E-state index is 0.133. The van der Waals surface area contributed by atoms with Crippen LogP contribution in [0.1, 0.15) is 54.4 Å². The lowest BCUT2D eigenvalue weighted by Gasteiger charge is -2.32. The van der Waals surface area contributed by atoms with E-state index in [9.17, 15) is 4.79 Å². The van der Waals surface area contributed by atoms with Crippen LogP contribution in [0.4, 0.5) is 0 Å². The largest absolute Gasteiger partial charge is 0.368 e. The molecular weight excluding hydrogens is 252 g/mol. The van der Waals surface area contributed by atoms with Gasteiger partial charge in [0.2, 0.25) is 5.91 Å². The van der Waals surface area contributed by atoms with Crippen LogP contribution in [-0.4, -0.2) is 48.2 Å². The van der Waals surface area contributed by atoms with Crippen molar-refractivity contribution in [2.75, 3.05) is 14.1 Å². The van der Waals surface area contributed by atoms with Crippen molar-refractivity contribution in [1.82, 2.24) is 10.2 Å². The first kappa shape index (κ1) is 17.4. The van der Waals surface area contributed by atoms with Crippen LogP contribution in [0.5, 0.6) is 0 Å². The Morgan fingerprint density at radius 2 is 1.85 bits per heavy atom. The topological polar surface area (TPSA) is 41.6 Å². The van der Waals surface area contributed by atoms with E-state index in [1.165, 1.54) is 0 Å². The highest BCUT2D eigenvalue weighted by atomic mass is 16.5. The first-order valence-corrected chi connectivity index (χ1v) is 7.62. The van der Waals surface area contributed by atoms with E-state index in [0.717, 1.165) is 12.8 Å². The summed E-state index contributed by atoms with van der Waals surface area (Å²) >= 11 is 0. The fourth-order valence-corrected chi connectivity index (χ4v) is 3.09. The molecule has 20 heavy (non-hydrogen) atoms. The molecule has 0 saturated carbocycles. The van der Waals surface area contributed by atoms with Gasteiger partial charge in [-0.1, -0.05) is 13.8 Å². The summed E-state index contributed by atoms with van der Waals surface area (Å²) in [5, 5.41) is 3.56. The van der Waals surface area contributed by atoms with Gasteiger partial charge >= 0.3 is 0 Å². The molecule has 1 saturated heterocycles. The molecule has 1 N–H and O–H groups in total. The van der Waals surface area contributed by atoms with Gasteiger partial charge in [-0.3, -0.25) is 4.79 Å². The number of hydrogen-bond acceptors (Lipinski definition) is 3. The Hall–Kier alpha value is -0.610. The summed E-state index contributed by atoms with van der Waals surface area (Å²) in [6.45, 7) is 12.7. The van der Waals surface area contributed by atoms with E-state index in [2.05, 4.69) is 46.9 Å². The molecule has 0 radical (unpaired) electrons. The third-order valence-electron chi connectivity index (χ3n) is 3.92. The van der Waals surface area contributed by atoms with Crippen molar-refractivity contribution < 1.29 is 9.53 Å². The van der Waals surface area contributed by atoms with Gasteiger partial charge in [-0.15, -0.1) is 0 Å². The molecule has 0 aliphatic carbocycles. The predicted octanol–water partition coefficient (Wildman–Crippen LogP) is 2.43. The molecule has 2 atom stereocenters. The number of carbonyl (C=O) groups excluding carboxylic acids is 1. The molecule has 0 bridgehead atoms. The maximum Gasteiger partial charge on any atom is 0.239 e. The Balaban J connectivity index is 2.82. The van der Waals surface area contributed by atoms with E-state index in [0.29, 0.717) is 5.92 Å². The summed E-state index contributed by atoms with van der Waals surface area (Å²) in [6, 6.07) is 0.0666. The monoisotopic (exact) mass is 284 g/mol. The highest BCUT2D eigenvalue weighted by Crippen LogP contribution is 2.37. The van der Waals surface area contributed by atoms with E-state index >= 15 is 0 Å². The molecule has 1 fully saturated rings. The van der Waals surface area contributed by atoms with Gasteiger partial charge in [0.05, 0.1) is 17.2 Å². The standard InChI is InChI=1S/C16H32N2O2/c1-11(2)9-12(14(19)18(7)8)17-13-10-15(3,4)20-16(13,5)6/h11-13,17H,9-10H2,1-8H3. The molecule has 1 rings (SSSR count). The van der Waals surface area contributed by atoms with E-state index in [-0.39, 0.29) is 29.2 Å². The molecule has 0 aromatic heterocycles. The molecule has 118 valence electrons. The fourth-order valence-electron chi connectivity index (χ4n) is 3.09. The van der Waals surface area contributed by atoms with Gasteiger partial charge in [0.15, 0.2) is 0 Å². The maximum absolute atomic E-state index is 12.4. The summed E-state index contributed by atoms with van der Waals surface area (Å²) in [5.41, 5.74) is -0.379. The lowest BCUT2D eigenvalue weighted by molar-refractivity contribution is -0.132. The highest BCUT2D eigenvalue weighted by Gasteiger charge is 2.46. The molecule has 1 aliphatic rings. The molecular formula is C16H32N2O2. The molecule has 1 amide bonds. The number of carbonyl (C=O) groups is 1. The molecule has 0 spiro atoms. The number of rotatable bonds is 5. The average Bonchev–Trinajstić information content (AvgIpc) is 2.43. The Bertz CT molecular complexity index is 348. The molecule has 1 heterocycles. The number of likely N-dealkylation sites (N-methyl/N-ethyl adjacent to an activating group) is 1. The SMILES string of the molecule is CC(C)CC(NC1CC(C)(C)OC1(C)C)C(=O)N(C)C. The smallest absolute Gasteiger partial charge is 0.239 e. The van der Waals surface area contributed by atoms with E-state index in [1.807, 2.05) is 14.1 Å². The number of nitrogens with zero attached hydrogens (tertiary/aromatic N) is 1. The van der Waals surface area contributed by atoms with Crippen LogP contribution in [0.2, 0.25) is 0 Å². The quantitative estimate of drug-likeness (QED) is 0.843. The zero-order chi connectivity index (χ0) is 15.7. The summed E-state index contributed by atoms with van der Waals surface area (Å²) in [7, 11) is 3.63. The number of hydrogen-bond donors (Lipinski definition) is 1. The minimum atomic E-state index is -0.245. The Kier molecular flexibility index (Phi) is 5.25. The Morgan fingerprint density at radius 3 is 2.20 bits per heavy atom. The summed E-state index contributed by atoms with van der Waals surface area (Å²) < 4.78 is 6.11. The zero-order valence-electron chi connectivity index (χ0n) is 14.4. The minimum Gasteiger partial charge on any atom is -0.368 e. The zero-order valence-corrected chi connectivity index (χ0v) is 14.4. The van der Waals surface area contributed by atoms with Crippen molar-refractivity contribution in [2.24, 2.45) is 5.92 Å².